The molecule has 2 rings (SSSR count). The second-order valence-electron chi connectivity index (χ2n) is 3.87. The van der Waals surface area contributed by atoms with Gasteiger partial charge in [0, 0.05) is 8.95 Å². The van der Waals surface area contributed by atoms with Gasteiger partial charge in [0.25, 0.3) is 0 Å². The quantitative estimate of drug-likeness (QED) is 0.843. The van der Waals surface area contributed by atoms with E-state index in [1.54, 1.807) is 18.2 Å². The fraction of sp³-hybridized carbons (Fsp3) is 0.0714. The number of para-hydroxylation sites is 1. The van der Waals surface area contributed by atoms with Crippen LogP contribution in [0.3, 0.4) is 0 Å². The van der Waals surface area contributed by atoms with Crippen LogP contribution in [-0.4, -0.2) is 11.1 Å². The first-order chi connectivity index (χ1) is 9.06. The van der Waals surface area contributed by atoms with E-state index in [4.69, 9.17) is 9.84 Å². The highest BCUT2D eigenvalue weighted by Gasteiger charge is 2.10. The molecule has 0 spiro atoms. The highest BCUT2D eigenvalue weighted by atomic mass is 79.9. The molecule has 0 aliphatic carbocycles. The summed E-state index contributed by atoms with van der Waals surface area (Å²) in [6.45, 7) is 0.308. The molecule has 2 aromatic carbocycles. The number of aromatic carboxylic acids is 1. The Morgan fingerprint density at radius 2 is 1.74 bits per heavy atom. The lowest BCUT2D eigenvalue weighted by molar-refractivity contribution is 0.0692. The van der Waals surface area contributed by atoms with Gasteiger partial charge in [-0.2, -0.15) is 0 Å². The molecule has 2 aromatic rings. The molecular formula is C14H10Br2O3. The lowest BCUT2D eigenvalue weighted by atomic mass is 10.2. The molecular weight excluding hydrogens is 376 g/mol. The van der Waals surface area contributed by atoms with Crippen molar-refractivity contribution in [2.24, 2.45) is 0 Å². The molecule has 0 heterocycles. The molecule has 0 aromatic heterocycles. The monoisotopic (exact) mass is 384 g/mol. The van der Waals surface area contributed by atoms with Crippen LogP contribution in [0.15, 0.2) is 51.4 Å². The number of rotatable bonds is 4. The molecule has 0 aliphatic heterocycles. The minimum absolute atomic E-state index is 0.163. The van der Waals surface area contributed by atoms with Gasteiger partial charge in [0.05, 0.1) is 0 Å². The number of halogens is 2. The first-order valence-electron chi connectivity index (χ1n) is 5.46. The lowest BCUT2D eigenvalue weighted by Gasteiger charge is -2.09. The molecule has 0 aliphatic rings. The maximum atomic E-state index is 11.0. The molecule has 0 amide bonds. The average Bonchev–Trinajstić information content (AvgIpc) is 2.35. The van der Waals surface area contributed by atoms with Crippen molar-refractivity contribution in [2.75, 3.05) is 0 Å². The molecule has 5 heteroatoms. The van der Waals surface area contributed by atoms with Crippen LogP contribution in [0.4, 0.5) is 0 Å². The Bertz CT molecular complexity index is 591. The maximum absolute atomic E-state index is 11.0. The van der Waals surface area contributed by atoms with E-state index < -0.39 is 5.97 Å². The second-order valence-corrected chi connectivity index (χ2v) is 5.70. The molecule has 0 fully saturated rings. The highest BCUT2D eigenvalue weighted by Crippen LogP contribution is 2.23. The normalized spacial score (nSPS) is 10.2. The van der Waals surface area contributed by atoms with E-state index in [-0.39, 0.29) is 5.56 Å². The van der Waals surface area contributed by atoms with Crippen molar-refractivity contribution in [3.63, 3.8) is 0 Å². The summed E-state index contributed by atoms with van der Waals surface area (Å²) in [6.07, 6.45) is 0. The summed E-state index contributed by atoms with van der Waals surface area (Å²) < 4.78 is 7.45. The summed E-state index contributed by atoms with van der Waals surface area (Å²) in [5.41, 5.74) is 1.11. The fourth-order valence-electron chi connectivity index (χ4n) is 1.62. The van der Waals surface area contributed by atoms with Crippen molar-refractivity contribution < 1.29 is 14.6 Å². The van der Waals surface area contributed by atoms with E-state index in [0.717, 1.165) is 14.5 Å². The number of carbonyl (C=O) groups is 1. The van der Waals surface area contributed by atoms with Crippen LogP contribution in [0.25, 0.3) is 0 Å². The third-order valence-corrected chi connectivity index (χ3v) is 3.35. The molecule has 3 nitrogen and oxygen atoms in total. The van der Waals surface area contributed by atoms with Gasteiger partial charge in [-0.1, -0.05) is 44.0 Å². The van der Waals surface area contributed by atoms with Crippen molar-refractivity contribution in [3.8, 4) is 5.75 Å². The molecule has 1 N–H and O–H groups in total. The van der Waals surface area contributed by atoms with Crippen LogP contribution in [0.2, 0.25) is 0 Å². The molecule has 0 unspecified atom stereocenters. The molecule has 98 valence electrons. The molecule has 0 saturated heterocycles. The third-order valence-electron chi connectivity index (χ3n) is 2.43. The maximum Gasteiger partial charge on any atom is 0.339 e. The van der Waals surface area contributed by atoms with Crippen molar-refractivity contribution in [3.05, 3.63) is 62.5 Å². The number of ether oxygens (including phenoxy) is 1. The van der Waals surface area contributed by atoms with E-state index in [0.29, 0.717) is 12.4 Å². The van der Waals surface area contributed by atoms with E-state index >= 15 is 0 Å². The lowest BCUT2D eigenvalue weighted by Crippen LogP contribution is -2.03. The predicted molar refractivity (Wildman–Crippen MR) is 79.6 cm³/mol. The summed E-state index contributed by atoms with van der Waals surface area (Å²) in [7, 11) is 0. The Labute approximate surface area is 127 Å². The number of hydrogen-bond acceptors (Lipinski definition) is 2. The molecule has 0 radical (unpaired) electrons. The average molecular weight is 386 g/mol. The van der Waals surface area contributed by atoms with Gasteiger partial charge >= 0.3 is 5.97 Å². The molecule has 0 bridgehead atoms. The summed E-state index contributed by atoms with van der Waals surface area (Å²) in [4.78, 5) is 11.0. The van der Waals surface area contributed by atoms with Crippen LogP contribution in [0, 0.1) is 0 Å². The van der Waals surface area contributed by atoms with E-state index in [1.807, 2.05) is 18.2 Å². The van der Waals surface area contributed by atoms with E-state index in [2.05, 4.69) is 31.9 Å². The van der Waals surface area contributed by atoms with Gasteiger partial charge in [-0.05, 0) is 35.9 Å². The van der Waals surface area contributed by atoms with E-state index in [9.17, 15) is 4.79 Å². The number of carboxylic acids is 1. The van der Waals surface area contributed by atoms with E-state index in [1.165, 1.54) is 6.07 Å². The first-order valence-corrected chi connectivity index (χ1v) is 7.05. The van der Waals surface area contributed by atoms with Crippen LogP contribution >= 0.6 is 31.9 Å². The Morgan fingerprint density at radius 1 is 1.11 bits per heavy atom. The van der Waals surface area contributed by atoms with Gasteiger partial charge in [-0.25, -0.2) is 4.79 Å². The molecule has 19 heavy (non-hydrogen) atoms. The number of benzene rings is 2. The smallest absolute Gasteiger partial charge is 0.339 e. The topological polar surface area (TPSA) is 46.5 Å². The van der Waals surface area contributed by atoms with Crippen LogP contribution < -0.4 is 4.74 Å². The minimum atomic E-state index is -0.994. The zero-order valence-corrected chi connectivity index (χ0v) is 12.9. The summed E-state index contributed by atoms with van der Waals surface area (Å²) in [5, 5.41) is 9.06. The Morgan fingerprint density at radius 3 is 2.37 bits per heavy atom. The molecule has 0 saturated carbocycles. The van der Waals surface area contributed by atoms with Crippen molar-refractivity contribution in [1.29, 1.82) is 0 Å². The standard InChI is InChI=1S/C14H10Br2O3/c15-10-5-9(6-11(16)7-10)8-19-13-4-2-1-3-12(13)14(17)18/h1-7H,8H2,(H,17,18). The van der Waals surface area contributed by atoms with Crippen LogP contribution in [0.5, 0.6) is 5.75 Å². The number of carboxylic acid groups (broad SMARTS) is 1. The number of hydrogen-bond donors (Lipinski definition) is 1. The van der Waals surface area contributed by atoms with Crippen LogP contribution in [-0.2, 0) is 6.61 Å². The first kappa shape index (κ1) is 14.1. The van der Waals surface area contributed by atoms with Gasteiger partial charge in [-0.15, -0.1) is 0 Å². The Balaban J connectivity index is 2.16. The van der Waals surface area contributed by atoms with Crippen LogP contribution in [0.1, 0.15) is 15.9 Å². The Kier molecular flexibility index (Phi) is 4.61. The summed E-state index contributed by atoms with van der Waals surface area (Å²) in [6, 6.07) is 12.4. The summed E-state index contributed by atoms with van der Waals surface area (Å²) >= 11 is 6.79. The summed E-state index contributed by atoms with van der Waals surface area (Å²) in [5.74, 6) is -0.628. The predicted octanol–water partition coefficient (Wildman–Crippen LogP) is 4.49. The van der Waals surface area contributed by atoms with Gasteiger partial charge in [0.1, 0.15) is 17.9 Å². The zero-order valence-electron chi connectivity index (χ0n) is 9.77. The van der Waals surface area contributed by atoms with Crippen molar-refractivity contribution in [1.82, 2.24) is 0 Å². The van der Waals surface area contributed by atoms with Gasteiger partial charge in [-0.3, -0.25) is 0 Å². The van der Waals surface area contributed by atoms with Crippen molar-refractivity contribution in [2.45, 2.75) is 6.61 Å². The Hall–Kier alpha value is -1.33. The third kappa shape index (κ3) is 3.81. The minimum Gasteiger partial charge on any atom is -0.488 e. The largest absolute Gasteiger partial charge is 0.488 e. The second kappa shape index (κ2) is 6.21. The van der Waals surface area contributed by atoms with Gasteiger partial charge in [0.15, 0.2) is 0 Å². The van der Waals surface area contributed by atoms with Gasteiger partial charge in [0.2, 0.25) is 0 Å². The molecule has 0 atom stereocenters. The van der Waals surface area contributed by atoms with Crippen molar-refractivity contribution >= 4 is 37.8 Å². The zero-order chi connectivity index (χ0) is 13.8. The fourth-order valence-corrected chi connectivity index (χ4v) is 3.01. The highest BCUT2D eigenvalue weighted by molar-refractivity contribution is 9.11. The SMILES string of the molecule is O=C(O)c1ccccc1OCc1cc(Br)cc(Br)c1. The van der Waals surface area contributed by atoms with Gasteiger partial charge < -0.3 is 9.84 Å².